The molecule has 0 aromatic carbocycles. The fourth-order valence-electron chi connectivity index (χ4n) is 2.31. The Morgan fingerprint density at radius 1 is 0.875 bits per heavy atom. The topological polar surface area (TPSA) is 65.4 Å². The fourth-order valence-corrected chi connectivity index (χ4v) is 2.31. The summed E-state index contributed by atoms with van der Waals surface area (Å²) in [5, 5.41) is 17.9. The Hall–Kier alpha value is -0.240. The summed E-state index contributed by atoms with van der Waals surface area (Å²) in [6, 6.07) is 0. The average molecular weight is 232 g/mol. The number of aliphatic hydroxyl groups excluding tert-OH is 2. The summed E-state index contributed by atoms with van der Waals surface area (Å²) < 4.78 is 11.3. The Kier molecular flexibility index (Phi) is 4.51. The van der Waals surface area contributed by atoms with E-state index in [2.05, 4.69) is 9.80 Å². The van der Waals surface area contributed by atoms with Crippen LogP contribution in [0, 0.1) is 0 Å². The summed E-state index contributed by atoms with van der Waals surface area (Å²) in [7, 11) is 0. The largest absolute Gasteiger partial charge is 0.395 e. The van der Waals surface area contributed by atoms with Gasteiger partial charge in [-0.05, 0) is 0 Å². The zero-order valence-electron chi connectivity index (χ0n) is 9.42. The molecule has 0 bridgehead atoms. The van der Waals surface area contributed by atoms with Crippen LogP contribution in [0.15, 0.2) is 0 Å². The molecule has 2 fully saturated rings. The van der Waals surface area contributed by atoms with Crippen LogP contribution in [0.5, 0.6) is 0 Å². The average Bonchev–Trinajstić information content (AvgIpc) is 2.87. The van der Waals surface area contributed by atoms with E-state index in [0.29, 0.717) is 26.3 Å². The Balaban J connectivity index is 1.93. The highest BCUT2D eigenvalue weighted by molar-refractivity contribution is 4.81. The van der Waals surface area contributed by atoms with Gasteiger partial charge < -0.3 is 19.7 Å². The molecular formula is C10H20N2O4. The second kappa shape index (κ2) is 5.90. The van der Waals surface area contributed by atoms with Crippen LogP contribution >= 0.6 is 0 Å². The van der Waals surface area contributed by atoms with Gasteiger partial charge in [0.25, 0.3) is 0 Å². The van der Waals surface area contributed by atoms with E-state index >= 15 is 0 Å². The molecule has 2 rings (SSSR count). The number of β-amino-alcohol motifs (C(OH)–C–C–N with tert-alkyl or cyclic N) is 2. The molecule has 0 radical (unpaired) electrons. The second-order valence-electron chi connectivity index (χ2n) is 4.04. The SMILES string of the molecule is OCCN1CCO[C@@H]1[C@H]1OCCN1CCO. The van der Waals surface area contributed by atoms with Crippen molar-refractivity contribution >= 4 is 0 Å². The van der Waals surface area contributed by atoms with E-state index in [1.165, 1.54) is 0 Å². The molecule has 2 aliphatic heterocycles. The zero-order valence-corrected chi connectivity index (χ0v) is 9.42. The molecule has 2 saturated heterocycles. The summed E-state index contributed by atoms with van der Waals surface area (Å²) in [5.74, 6) is 0. The quantitative estimate of drug-likeness (QED) is 0.588. The standard InChI is InChI=1S/C10H20N2O4/c13-5-1-11-3-7-15-9(11)10-12(2-6-14)4-8-16-10/h9-10,13-14H,1-8H2/t9-,10-/m1/s1. The van der Waals surface area contributed by atoms with E-state index in [1.54, 1.807) is 0 Å². The van der Waals surface area contributed by atoms with E-state index in [9.17, 15) is 0 Å². The molecule has 2 heterocycles. The third-order valence-corrected chi connectivity index (χ3v) is 3.07. The molecule has 0 amide bonds. The number of hydrogen-bond acceptors (Lipinski definition) is 6. The Morgan fingerprint density at radius 3 is 1.69 bits per heavy atom. The molecule has 0 aromatic rings. The third kappa shape index (κ3) is 2.53. The molecule has 2 N–H and O–H groups in total. The van der Waals surface area contributed by atoms with Gasteiger partial charge in [-0.1, -0.05) is 0 Å². The molecule has 0 aromatic heterocycles. The Bertz CT molecular complexity index is 195. The predicted octanol–water partition coefficient (Wildman–Crippen LogP) is -1.71. The maximum atomic E-state index is 8.96. The minimum atomic E-state index is -0.110. The molecule has 94 valence electrons. The third-order valence-electron chi connectivity index (χ3n) is 3.07. The van der Waals surface area contributed by atoms with Crippen LogP contribution in [-0.2, 0) is 9.47 Å². The van der Waals surface area contributed by atoms with Crippen molar-refractivity contribution in [3.05, 3.63) is 0 Å². The fraction of sp³-hybridized carbons (Fsp3) is 1.00. The highest BCUT2D eigenvalue weighted by atomic mass is 16.6. The lowest BCUT2D eigenvalue weighted by Crippen LogP contribution is -2.49. The number of hydrogen-bond donors (Lipinski definition) is 2. The van der Waals surface area contributed by atoms with Gasteiger partial charge in [-0.25, -0.2) is 0 Å². The molecule has 0 saturated carbocycles. The van der Waals surface area contributed by atoms with Gasteiger partial charge in [-0.2, -0.15) is 0 Å². The van der Waals surface area contributed by atoms with Crippen molar-refractivity contribution in [3.8, 4) is 0 Å². The maximum Gasteiger partial charge on any atom is 0.151 e. The van der Waals surface area contributed by atoms with E-state index in [0.717, 1.165) is 13.1 Å². The summed E-state index contributed by atoms with van der Waals surface area (Å²) in [6.07, 6.45) is -0.220. The van der Waals surface area contributed by atoms with Crippen LogP contribution in [0.1, 0.15) is 0 Å². The minimum absolute atomic E-state index is 0.110. The van der Waals surface area contributed by atoms with Gasteiger partial charge in [0.1, 0.15) is 0 Å². The maximum absolute atomic E-state index is 8.96. The van der Waals surface area contributed by atoms with Crippen LogP contribution < -0.4 is 0 Å². The van der Waals surface area contributed by atoms with E-state index in [-0.39, 0.29) is 25.7 Å². The van der Waals surface area contributed by atoms with Crippen molar-refractivity contribution in [1.82, 2.24) is 9.80 Å². The van der Waals surface area contributed by atoms with Crippen molar-refractivity contribution in [1.29, 1.82) is 0 Å². The van der Waals surface area contributed by atoms with Gasteiger partial charge in [0, 0.05) is 26.2 Å². The molecule has 2 atom stereocenters. The van der Waals surface area contributed by atoms with Crippen LogP contribution in [0.25, 0.3) is 0 Å². The lowest BCUT2D eigenvalue weighted by atomic mass is 10.3. The van der Waals surface area contributed by atoms with Crippen molar-refractivity contribution in [2.24, 2.45) is 0 Å². The summed E-state index contributed by atoms with van der Waals surface area (Å²) in [4.78, 5) is 4.17. The molecule has 6 heteroatoms. The first-order valence-corrected chi connectivity index (χ1v) is 5.80. The molecule has 0 unspecified atom stereocenters. The number of aliphatic hydroxyl groups is 2. The predicted molar refractivity (Wildman–Crippen MR) is 56.8 cm³/mol. The van der Waals surface area contributed by atoms with Gasteiger partial charge in [0.2, 0.25) is 0 Å². The highest BCUT2D eigenvalue weighted by Crippen LogP contribution is 2.21. The van der Waals surface area contributed by atoms with E-state index in [1.807, 2.05) is 0 Å². The summed E-state index contributed by atoms with van der Waals surface area (Å²) in [6.45, 7) is 4.50. The zero-order chi connectivity index (χ0) is 11.4. The Labute approximate surface area is 95.3 Å². The molecule has 2 aliphatic rings. The number of ether oxygens (including phenoxy) is 2. The first-order chi connectivity index (χ1) is 7.86. The van der Waals surface area contributed by atoms with Gasteiger partial charge in [0.05, 0.1) is 26.4 Å². The Morgan fingerprint density at radius 2 is 1.31 bits per heavy atom. The number of rotatable bonds is 5. The van der Waals surface area contributed by atoms with Gasteiger partial charge in [-0.3, -0.25) is 9.80 Å². The van der Waals surface area contributed by atoms with Crippen LogP contribution in [-0.4, -0.2) is 85.1 Å². The van der Waals surface area contributed by atoms with Crippen LogP contribution in [0.4, 0.5) is 0 Å². The number of nitrogens with zero attached hydrogens (tertiary/aromatic N) is 2. The lowest BCUT2D eigenvalue weighted by Gasteiger charge is -2.31. The van der Waals surface area contributed by atoms with Gasteiger partial charge in [0.15, 0.2) is 12.5 Å². The van der Waals surface area contributed by atoms with Crippen molar-refractivity contribution < 1.29 is 19.7 Å². The summed E-state index contributed by atoms with van der Waals surface area (Å²) in [5.41, 5.74) is 0. The molecule has 0 spiro atoms. The molecule has 6 nitrogen and oxygen atoms in total. The van der Waals surface area contributed by atoms with Crippen molar-refractivity contribution in [2.75, 3.05) is 52.6 Å². The molecular weight excluding hydrogens is 212 g/mol. The van der Waals surface area contributed by atoms with Crippen LogP contribution in [0.2, 0.25) is 0 Å². The van der Waals surface area contributed by atoms with Crippen molar-refractivity contribution in [2.45, 2.75) is 12.5 Å². The minimum Gasteiger partial charge on any atom is -0.395 e. The van der Waals surface area contributed by atoms with E-state index < -0.39 is 0 Å². The monoisotopic (exact) mass is 232 g/mol. The molecule has 16 heavy (non-hydrogen) atoms. The molecule has 0 aliphatic carbocycles. The first-order valence-electron chi connectivity index (χ1n) is 5.80. The van der Waals surface area contributed by atoms with Gasteiger partial charge >= 0.3 is 0 Å². The van der Waals surface area contributed by atoms with Crippen LogP contribution in [0.3, 0.4) is 0 Å². The first kappa shape index (κ1) is 12.2. The van der Waals surface area contributed by atoms with Gasteiger partial charge in [-0.15, -0.1) is 0 Å². The van der Waals surface area contributed by atoms with E-state index in [4.69, 9.17) is 19.7 Å². The van der Waals surface area contributed by atoms with Crippen molar-refractivity contribution in [3.63, 3.8) is 0 Å². The highest BCUT2D eigenvalue weighted by Gasteiger charge is 2.39. The summed E-state index contributed by atoms with van der Waals surface area (Å²) >= 11 is 0. The lowest BCUT2D eigenvalue weighted by molar-refractivity contribution is -0.121. The smallest absolute Gasteiger partial charge is 0.151 e. The second-order valence-corrected chi connectivity index (χ2v) is 4.04. The normalized spacial score (nSPS) is 32.6.